The highest BCUT2D eigenvalue weighted by molar-refractivity contribution is 4.43. The van der Waals surface area contributed by atoms with Crippen LogP contribution in [0.2, 0.25) is 0 Å². The zero-order valence-corrected chi connectivity index (χ0v) is 11.1. The second-order valence-corrected chi connectivity index (χ2v) is 3.78. The Hall–Kier alpha value is -0.0800. The summed E-state index contributed by atoms with van der Waals surface area (Å²) in [6, 6.07) is 0. The monoisotopic (exact) mass is 202 g/mol. The largest absolute Gasteiger partial charge is 0.309 e. The van der Waals surface area contributed by atoms with Crippen LogP contribution in [-0.4, -0.2) is 50.1 Å². The zero-order valence-electron chi connectivity index (χ0n) is 11.1. The Balaban J connectivity index is 0. The van der Waals surface area contributed by atoms with Crippen LogP contribution in [0, 0.1) is 0 Å². The van der Waals surface area contributed by atoms with Gasteiger partial charge in [-0.25, -0.2) is 0 Å². The summed E-state index contributed by atoms with van der Waals surface area (Å²) in [5.74, 6) is 0. The highest BCUT2D eigenvalue weighted by Gasteiger charge is 1.89. The molecule has 0 amide bonds. The van der Waals surface area contributed by atoms with Crippen LogP contribution in [-0.2, 0) is 0 Å². The Morgan fingerprint density at radius 2 is 1.21 bits per heavy atom. The minimum absolute atomic E-state index is 1.19. The van der Waals surface area contributed by atoms with E-state index in [4.69, 9.17) is 0 Å². The zero-order chi connectivity index (χ0) is 11.4. The van der Waals surface area contributed by atoms with Gasteiger partial charge in [0, 0.05) is 0 Å². The van der Waals surface area contributed by atoms with Crippen molar-refractivity contribution < 1.29 is 0 Å². The molecule has 0 aliphatic rings. The van der Waals surface area contributed by atoms with Crippen LogP contribution in [0.1, 0.15) is 40.5 Å². The van der Waals surface area contributed by atoms with E-state index in [-0.39, 0.29) is 0 Å². The standard InChI is InChI=1S/2C6H15N/c1-4-5-6-7(2)3;1-4-7(5-2)6-3/h2*4-6H2,1-3H3. The third-order valence-corrected chi connectivity index (χ3v) is 2.30. The summed E-state index contributed by atoms with van der Waals surface area (Å²) >= 11 is 0. The average Bonchev–Trinajstić information content (AvgIpc) is 2.18. The van der Waals surface area contributed by atoms with Gasteiger partial charge in [-0.2, -0.15) is 0 Å². The van der Waals surface area contributed by atoms with Crippen molar-refractivity contribution in [2.45, 2.75) is 40.5 Å². The van der Waals surface area contributed by atoms with Gasteiger partial charge in [-0.3, -0.25) is 0 Å². The lowest BCUT2D eigenvalue weighted by Crippen LogP contribution is -2.21. The van der Waals surface area contributed by atoms with Gasteiger partial charge < -0.3 is 9.80 Å². The number of nitrogens with zero attached hydrogens (tertiary/aromatic N) is 2. The Morgan fingerprint density at radius 1 is 0.786 bits per heavy atom. The van der Waals surface area contributed by atoms with Gasteiger partial charge in [0.2, 0.25) is 0 Å². The molecule has 0 N–H and O–H groups in total. The van der Waals surface area contributed by atoms with Crippen molar-refractivity contribution in [3.63, 3.8) is 0 Å². The van der Waals surface area contributed by atoms with Gasteiger partial charge in [0.1, 0.15) is 0 Å². The molecule has 0 aromatic heterocycles. The summed E-state index contributed by atoms with van der Waals surface area (Å²) in [5, 5.41) is 0. The van der Waals surface area contributed by atoms with Crippen LogP contribution < -0.4 is 0 Å². The van der Waals surface area contributed by atoms with Crippen LogP contribution in [0.4, 0.5) is 0 Å². The number of unbranched alkanes of at least 4 members (excludes halogenated alkanes) is 1. The predicted molar refractivity (Wildman–Crippen MR) is 66.9 cm³/mol. The molecule has 0 rings (SSSR count). The summed E-state index contributed by atoms with van der Waals surface area (Å²) in [4.78, 5) is 4.59. The molecule has 0 aromatic carbocycles. The van der Waals surface area contributed by atoms with Crippen molar-refractivity contribution in [3.05, 3.63) is 0 Å². The lowest BCUT2D eigenvalue weighted by atomic mass is 10.3. The van der Waals surface area contributed by atoms with Gasteiger partial charge in [0.15, 0.2) is 0 Å². The van der Waals surface area contributed by atoms with Crippen LogP contribution in [0.5, 0.6) is 0 Å². The molecule has 0 fully saturated rings. The molecule has 14 heavy (non-hydrogen) atoms. The molecule has 0 bridgehead atoms. The topological polar surface area (TPSA) is 6.48 Å². The molecule has 0 radical (unpaired) electrons. The second kappa shape index (κ2) is 12.9. The normalized spacial score (nSPS) is 10.3. The van der Waals surface area contributed by atoms with E-state index in [1.807, 2.05) is 0 Å². The first kappa shape index (κ1) is 16.4. The fourth-order valence-electron chi connectivity index (χ4n) is 1.15. The highest BCUT2D eigenvalue weighted by Crippen LogP contribution is 1.86. The maximum absolute atomic E-state index is 2.38. The van der Waals surface area contributed by atoms with E-state index in [2.05, 4.69) is 51.6 Å². The first-order valence-corrected chi connectivity index (χ1v) is 5.99. The summed E-state index contributed by atoms with van der Waals surface area (Å²) in [6.45, 7) is 13.6. The summed E-state index contributed by atoms with van der Waals surface area (Å²) in [5.41, 5.74) is 0. The molecule has 0 aromatic rings. The smallest absolute Gasteiger partial charge is 0.00249 e. The van der Waals surface area contributed by atoms with Crippen LogP contribution in [0.25, 0.3) is 0 Å². The van der Waals surface area contributed by atoms with E-state index in [0.717, 1.165) is 0 Å². The van der Waals surface area contributed by atoms with Crippen LogP contribution in [0.3, 0.4) is 0 Å². The van der Waals surface area contributed by atoms with Gasteiger partial charge in [0.25, 0.3) is 0 Å². The average molecular weight is 202 g/mol. The Kier molecular flexibility index (Phi) is 15.1. The Labute approximate surface area is 91.3 Å². The molecule has 0 unspecified atom stereocenters. The van der Waals surface area contributed by atoms with Crippen LogP contribution >= 0.6 is 0 Å². The van der Waals surface area contributed by atoms with Gasteiger partial charge in [-0.15, -0.1) is 0 Å². The Morgan fingerprint density at radius 3 is 1.29 bits per heavy atom. The highest BCUT2D eigenvalue weighted by atomic mass is 15.1. The first-order valence-electron chi connectivity index (χ1n) is 5.99. The number of hydrogen-bond acceptors (Lipinski definition) is 2. The molecule has 0 aliphatic carbocycles. The molecule has 0 aliphatic heterocycles. The first-order chi connectivity index (χ1) is 6.62. The Bertz CT molecular complexity index is 82.8. The number of rotatable bonds is 6. The SMILES string of the molecule is CCCCN(C)C.CCN(CC)CC. The minimum Gasteiger partial charge on any atom is -0.309 e. The molecule has 0 atom stereocenters. The van der Waals surface area contributed by atoms with E-state index < -0.39 is 0 Å². The fraction of sp³-hybridized carbons (Fsp3) is 1.00. The second-order valence-electron chi connectivity index (χ2n) is 3.78. The molecule has 0 heterocycles. The van der Waals surface area contributed by atoms with Crippen molar-refractivity contribution >= 4 is 0 Å². The summed E-state index contributed by atoms with van der Waals surface area (Å²) in [7, 11) is 4.21. The molecular weight excluding hydrogens is 172 g/mol. The maximum atomic E-state index is 2.38. The van der Waals surface area contributed by atoms with Gasteiger partial charge in [-0.1, -0.05) is 34.1 Å². The molecule has 88 valence electrons. The van der Waals surface area contributed by atoms with Crippen molar-refractivity contribution in [2.24, 2.45) is 0 Å². The number of hydrogen-bond donors (Lipinski definition) is 0. The fourth-order valence-corrected chi connectivity index (χ4v) is 1.15. The summed E-state index contributed by atoms with van der Waals surface area (Å²) in [6.07, 6.45) is 2.63. The van der Waals surface area contributed by atoms with Crippen molar-refractivity contribution in [1.82, 2.24) is 9.80 Å². The van der Waals surface area contributed by atoms with Crippen molar-refractivity contribution in [2.75, 3.05) is 40.3 Å². The molecule has 0 saturated heterocycles. The molecule has 2 heteroatoms. The van der Waals surface area contributed by atoms with E-state index in [0.29, 0.717) is 0 Å². The lowest BCUT2D eigenvalue weighted by Gasteiger charge is -2.13. The molecular formula is C12H30N2. The quantitative estimate of drug-likeness (QED) is 0.653. The lowest BCUT2D eigenvalue weighted by molar-refractivity contribution is 0.321. The van der Waals surface area contributed by atoms with E-state index in [9.17, 15) is 0 Å². The molecule has 0 spiro atoms. The van der Waals surface area contributed by atoms with Crippen molar-refractivity contribution in [3.8, 4) is 0 Å². The van der Waals surface area contributed by atoms with E-state index in [1.165, 1.54) is 39.0 Å². The third-order valence-electron chi connectivity index (χ3n) is 2.30. The molecule has 0 saturated carbocycles. The van der Waals surface area contributed by atoms with Crippen molar-refractivity contribution in [1.29, 1.82) is 0 Å². The molecule has 2 nitrogen and oxygen atoms in total. The van der Waals surface area contributed by atoms with Gasteiger partial charge in [0.05, 0.1) is 0 Å². The third kappa shape index (κ3) is 14.4. The minimum atomic E-state index is 1.19. The van der Waals surface area contributed by atoms with E-state index in [1.54, 1.807) is 0 Å². The van der Waals surface area contributed by atoms with E-state index >= 15 is 0 Å². The predicted octanol–water partition coefficient (Wildman–Crippen LogP) is 2.70. The van der Waals surface area contributed by atoms with Gasteiger partial charge >= 0.3 is 0 Å². The summed E-state index contributed by atoms with van der Waals surface area (Å²) < 4.78 is 0. The van der Waals surface area contributed by atoms with Crippen LogP contribution in [0.15, 0.2) is 0 Å². The van der Waals surface area contributed by atoms with Gasteiger partial charge in [-0.05, 0) is 46.7 Å². The maximum Gasteiger partial charge on any atom is -0.00249 e.